The van der Waals surface area contributed by atoms with E-state index in [1.54, 1.807) is 25.0 Å². The number of aryl methyl sites for hydroxylation is 2. The van der Waals surface area contributed by atoms with E-state index in [2.05, 4.69) is 37.0 Å². The molecule has 25 heavy (non-hydrogen) atoms. The van der Waals surface area contributed by atoms with Crippen molar-refractivity contribution in [2.24, 2.45) is 10.9 Å². The Labute approximate surface area is 152 Å². The summed E-state index contributed by atoms with van der Waals surface area (Å²) in [5.41, 5.74) is 4.71. The van der Waals surface area contributed by atoms with Crippen LogP contribution in [-0.4, -0.2) is 47.6 Å². The van der Waals surface area contributed by atoms with Gasteiger partial charge in [-0.2, -0.15) is 9.48 Å². The van der Waals surface area contributed by atoms with Crippen LogP contribution in [0, 0.1) is 19.8 Å². The monoisotopic (exact) mass is 356 g/mol. The van der Waals surface area contributed by atoms with Gasteiger partial charge in [0.1, 0.15) is 6.21 Å². The van der Waals surface area contributed by atoms with E-state index >= 15 is 0 Å². The summed E-state index contributed by atoms with van der Waals surface area (Å²) >= 11 is 1.66. The third-order valence-electron chi connectivity index (χ3n) is 4.68. The summed E-state index contributed by atoms with van der Waals surface area (Å²) in [6.45, 7) is 6.15. The molecular weight excluding hydrogens is 334 g/mol. The maximum Gasteiger partial charge on any atom is 0.445 e. The van der Waals surface area contributed by atoms with Crippen molar-refractivity contribution in [3.05, 3.63) is 45.4 Å². The Morgan fingerprint density at radius 1 is 1.24 bits per heavy atom. The molecule has 0 aliphatic carbocycles. The normalized spacial score (nSPS) is 20.5. The third kappa shape index (κ3) is 3.06. The van der Waals surface area contributed by atoms with E-state index in [0.717, 1.165) is 16.2 Å². The fraction of sp³-hybridized carbons (Fsp3) is 0.368. The lowest BCUT2D eigenvalue weighted by Crippen LogP contribution is -2.52. The number of amides is 3. The second-order valence-electron chi connectivity index (χ2n) is 6.55. The van der Waals surface area contributed by atoms with E-state index in [1.165, 1.54) is 33.2 Å². The summed E-state index contributed by atoms with van der Waals surface area (Å²) in [5.74, 6) is 0.597. The van der Waals surface area contributed by atoms with Crippen molar-refractivity contribution in [2.45, 2.75) is 26.5 Å². The molecule has 0 N–H and O–H groups in total. The molecule has 1 unspecified atom stereocenters. The predicted molar refractivity (Wildman–Crippen MR) is 101 cm³/mol. The molecule has 1 atom stereocenters. The summed E-state index contributed by atoms with van der Waals surface area (Å²) < 4.78 is 1.47. The zero-order valence-electron chi connectivity index (χ0n) is 15.2. The van der Waals surface area contributed by atoms with Crippen molar-refractivity contribution in [1.82, 2.24) is 4.90 Å². The van der Waals surface area contributed by atoms with Gasteiger partial charge in [-0.05, 0) is 37.5 Å². The number of imide groups is 1. The minimum absolute atomic E-state index is 0.210. The van der Waals surface area contributed by atoms with Crippen molar-refractivity contribution in [3.63, 3.8) is 0 Å². The topological polar surface area (TPSA) is 52.8 Å². The molecule has 0 spiro atoms. The van der Waals surface area contributed by atoms with Crippen LogP contribution in [0.2, 0.25) is 0 Å². The van der Waals surface area contributed by atoms with Crippen LogP contribution in [0.15, 0.2) is 33.7 Å². The summed E-state index contributed by atoms with van der Waals surface area (Å²) in [7, 11) is 3.19. The number of nitrogens with zero attached hydrogens (tertiary/aromatic N) is 3. The van der Waals surface area contributed by atoms with Crippen molar-refractivity contribution in [2.75, 3.05) is 14.1 Å². The number of hydrogen-bond acceptors (Lipinski definition) is 4. The smallest absolute Gasteiger partial charge is 0.255 e. The fourth-order valence-corrected chi connectivity index (χ4v) is 4.34. The minimum atomic E-state index is -0.493. The first-order valence-corrected chi connectivity index (χ1v) is 9.15. The van der Waals surface area contributed by atoms with E-state index in [1.807, 2.05) is 6.92 Å². The summed E-state index contributed by atoms with van der Waals surface area (Å²) in [6, 6.07) is 6.07. The van der Waals surface area contributed by atoms with Crippen molar-refractivity contribution >= 4 is 35.8 Å². The highest BCUT2D eigenvalue weighted by atomic mass is 32.2. The van der Waals surface area contributed by atoms with Gasteiger partial charge in [0, 0.05) is 10.7 Å². The molecule has 2 aliphatic heterocycles. The van der Waals surface area contributed by atoms with Crippen molar-refractivity contribution in [3.8, 4) is 0 Å². The van der Waals surface area contributed by atoms with Gasteiger partial charge in [0.2, 0.25) is 0 Å². The Bertz CT molecular complexity index is 867. The molecule has 5 nitrogen and oxygen atoms in total. The second-order valence-corrected chi connectivity index (χ2v) is 7.57. The lowest BCUT2D eigenvalue weighted by molar-refractivity contribution is -0.407. The van der Waals surface area contributed by atoms with Crippen LogP contribution in [0.4, 0.5) is 4.79 Å². The number of thioether (sulfide) groups is 1. The molecule has 0 aromatic heterocycles. The standard InChI is InChI=1S/C19H22N3O2S/c1-11-6-7-12(2)14(8-11)10-25-16-13(3)9-20-17-15(16)18(23)22(5)19(24)21(17)4/h6-9,15H,10H2,1-5H3/q+1. The maximum absolute atomic E-state index is 12.7. The first-order chi connectivity index (χ1) is 11.8. The van der Waals surface area contributed by atoms with E-state index in [9.17, 15) is 9.59 Å². The highest BCUT2D eigenvalue weighted by molar-refractivity contribution is 8.02. The molecule has 3 amide bonds. The maximum atomic E-state index is 12.7. The molecule has 0 radical (unpaired) electrons. The Kier molecular flexibility index (Phi) is 4.64. The number of allylic oxidation sites excluding steroid dienone is 1. The van der Waals surface area contributed by atoms with Gasteiger partial charge in [0.05, 0.1) is 14.1 Å². The molecule has 1 aromatic carbocycles. The molecule has 0 fully saturated rings. The molecule has 0 bridgehead atoms. The minimum Gasteiger partial charge on any atom is -0.255 e. The Balaban J connectivity index is 1.95. The molecule has 3 rings (SSSR count). The highest BCUT2D eigenvalue weighted by Crippen LogP contribution is 2.36. The average molecular weight is 356 g/mol. The average Bonchev–Trinajstić information content (AvgIpc) is 2.59. The van der Waals surface area contributed by atoms with E-state index < -0.39 is 5.92 Å². The summed E-state index contributed by atoms with van der Waals surface area (Å²) in [4.78, 5) is 31.4. The zero-order valence-corrected chi connectivity index (χ0v) is 16.0. The van der Waals surface area contributed by atoms with Crippen LogP contribution < -0.4 is 0 Å². The number of aliphatic imine (C=N–C) groups is 1. The molecular formula is C19H22N3O2S+. The third-order valence-corrected chi connectivity index (χ3v) is 6.01. The number of amidine groups is 1. The fourth-order valence-electron chi connectivity index (χ4n) is 3.07. The van der Waals surface area contributed by atoms with E-state index in [0.29, 0.717) is 5.84 Å². The molecule has 1 aromatic rings. The molecule has 130 valence electrons. The number of fused-ring (bicyclic) bond motifs is 1. The number of hydrogen-bond donors (Lipinski definition) is 0. The van der Waals surface area contributed by atoms with Gasteiger partial charge >= 0.3 is 11.9 Å². The van der Waals surface area contributed by atoms with Crippen molar-refractivity contribution < 1.29 is 14.2 Å². The van der Waals surface area contributed by atoms with Crippen LogP contribution in [0.1, 0.15) is 23.6 Å². The van der Waals surface area contributed by atoms with Gasteiger partial charge < -0.3 is 0 Å². The lowest BCUT2D eigenvalue weighted by atomic mass is 9.99. The van der Waals surface area contributed by atoms with Crippen LogP contribution in [0.25, 0.3) is 0 Å². The van der Waals surface area contributed by atoms with Gasteiger partial charge in [-0.25, -0.2) is 4.79 Å². The highest BCUT2D eigenvalue weighted by Gasteiger charge is 2.47. The largest absolute Gasteiger partial charge is 0.445 e. The molecule has 0 saturated carbocycles. The van der Waals surface area contributed by atoms with Crippen LogP contribution in [0.3, 0.4) is 0 Å². The number of urea groups is 1. The second kappa shape index (κ2) is 6.59. The van der Waals surface area contributed by atoms with Gasteiger partial charge in [-0.15, -0.1) is 16.8 Å². The van der Waals surface area contributed by atoms with Gasteiger partial charge in [0.15, 0.2) is 5.92 Å². The molecule has 6 heteroatoms. The van der Waals surface area contributed by atoms with E-state index in [4.69, 9.17) is 0 Å². The quantitative estimate of drug-likeness (QED) is 0.782. The van der Waals surface area contributed by atoms with Crippen LogP contribution in [0.5, 0.6) is 0 Å². The first-order valence-electron chi connectivity index (χ1n) is 8.17. The van der Waals surface area contributed by atoms with Crippen LogP contribution in [-0.2, 0) is 10.5 Å². The van der Waals surface area contributed by atoms with Gasteiger partial charge in [-0.1, -0.05) is 23.8 Å². The van der Waals surface area contributed by atoms with E-state index in [-0.39, 0.29) is 11.9 Å². The molecule has 2 heterocycles. The zero-order chi connectivity index (χ0) is 18.3. The first kappa shape index (κ1) is 17.6. The number of dihydropyridines is 1. The molecule has 2 aliphatic rings. The summed E-state index contributed by atoms with van der Waals surface area (Å²) in [5, 5.41) is 0. The lowest BCUT2D eigenvalue weighted by Gasteiger charge is -2.27. The Hall–Kier alpha value is -2.21. The predicted octanol–water partition coefficient (Wildman–Crippen LogP) is 3.14. The number of carbonyl (C=O) groups excluding carboxylic acids is 2. The number of rotatable bonds is 3. The van der Waals surface area contributed by atoms with Gasteiger partial charge in [-0.3, -0.25) is 4.79 Å². The number of carbonyl (C=O) groups is 2. The Morgan fingerprint density at radius 2 is 1.96 bits per heavy atom. The Morgan fingerprint density at radius 3 is 2.68 bits per heavy atom. The van der Waals surface area contributed by atoms with Crippen molar-refractivity contribution in [1.29, 1.82) is 0 Å². The SMILES string of the molecule is CC1=C(SCc2cc(C)ccc2C)C2C(=O)N(C)C(=O)[N+](C)=C2N=C1. The number of benzene rings is 1. The molecule has 0 saturated heterocycles. The van der Waals surface area contributed by atoms with Crippen LogP contribution >= 0.6 is 11.8 Å². The summed E-state index contributed by atoms with van der Waals surface area (Å²) in [6.07, 6.45) is 1.75. The van der Waals surface area contributed by atoms with Gasteiger partial charge in [0.25, 0.3) is 5.84 Å².